The Morgan fingerprint density at radius 2 is 2.25 bits per heavy atom. The Balaban J connectivity index is 3.25. The molecule has 0 unspecified atom stereocenters. The Labute approximate surface area is 71.5 Å². The number of carbonyl (C=O) groups is 1. The van der Waals surface area contributed by atoms with Crippen molar-refractivity contribution < 1.29 is 9.90 Å². The van der Waals surface area contributed by atoms with Gasteiger partial charge >= 0.3 is 70.7 Å². The minimum absolute atomic E-state index is 0.118. The third kappa shape index (κ3) is 1.61. The molecular formula is C7H7B2NO2. The van der Waals surface area contributed by atoms with Crippen LogP contribution in [0.3, 0.4) is 0 Å². The first-order chi connectivity index (χ1) is 5.65. The van der Waals surface area contributed by atoms with Gasteiger partial charge in [-0.05, 0) is 0 Å². The van der Waals surface area contributed by atoms with Crippen LogP contribution in [0.15, 0.2) is 18.2 Å². The van der Waals surface area contributed by atoms with E-state index in [-0.39, 0.29) is 11.3 Å². The molecule has 1 rings (SSSR count). The van der Waals surface area contributed by atoms with Gasteiger partial charge in [-0.15, -0.1) is 0 Å². The summed E-state index contributed by atoms with van der Waals surface area (Å²) in [5, 5.41) is 8.67. The van der Waals surface area contributed by atoms with Crippen molar-refractivity contribution in [2.24, 2.45) is 0 Å². The molecule has 0 aliphatic rings. The fourth-order valence-corrected chi connectivity index (χ4v) is 0.886. The van der Waals surface area contributed by atoms with Crippen LogP contribution in [0.1, 0.15) is 10.4 Å². The Morgan fingerprint density at radius 3 is 2.75 bits per heavy atom. The molecule has 0 aromatic heterocycles. The van der Waals surface area contributed by atoms with Gasteiger partial charge in [0.2, 0.25) is 0 Å². The van der Waals surface area contributed by atoms with Crippen LogP contribution in [-0.4, -0.2) is 25.2 Å². The molecule has 3 nitrogen and oxygen atoms in total. The summed E-state index contributed by atoms with van der Waals surface area (Å²) < 4.78 is 0. The normalized spacial score (nSPS) is 8.92. The number of hydrogen-bond acceptors (Lipinski definition) is 2. The van der Waals surface area contributed by atoms with Crippen molar-refractivity contribution in [3.63, 3.8) is 0 Å². The molecule has 12 heavy (non-hydrogen) atoms. The number of carboxylic acids is 1. The zero-order chi connectivity index (χ0) is 9.14. The maximum atomic E-state index is 10.6. The van der Waals surface area contributed by atoms with E-state index >= 15 is 0 Å². The molecule has 0 aliphatic heterocycles. The molecule has 0 heterocycles. The fourth-order valence-electron chi connectivity index (χ4n) is 0.886. The van der Waals surface area contributed by atoms with Gasteiger partial charge in [0.05, 0.1) is 0 Å². The number of benzene rings is 1. The first-order valence-electron chi connectivity index (χ1n) is 3.40. The summed E-state index contributed by atoms with van der Waals surface area (Å²) in [6, 6.07) is 4.76. The number of aromatic carboxylic acids is 1. The van der Waals surface area contributed by atoms with Gasteiger partial charge in [0.25, 0.3) is 0 Å². The Morgan fingerprint density at radius 1 is 1.58 bits per heavy atom. The van der Waals surface area contributed by atoms with E-state index in [0.717, 1.165) is 5.46 Å². The second-order valence-corrected chi connectivity index (χ2v) is 2.36. The molecule has 0 atom stereocenters. The van der Waals surface area contributed by atoms with E-state index in [4.69, 9.17) is 10.8 Å². The van der Waals surface area contributed by atoms with E-state index in [1.54, 1.807) is 18.9 Å². The molecule has 0 saturated carbocycles. The standard InChI is InChI=1S/C7H7B2NO2/c8-9-4-1-2-6(10)5(3-4)7(11)12/h1-3,8H,10H2,(H,11,12). The van der Waals surface area contributed by atoms with Crippen LogP contribution in [0.4, 0.5) is 5.69 Å². The van der Waals surface area contributed by atoms with Crippen LogP contribution in [0.25, 0.3) is 0 Å². The van der Waals surface area contributed by atoms with Crippen molar-refractivity contribution in [3.05, 3.63) is 23.8 Å². The van der Waals surface area contributed by atoms with Gasteiger partial charge in [0, 0.05) is 0 Å². The number of nitrogen functional groups attached to an aromatic ring is 1. The molecule has 0 aliphatic carbocycles. The van der Waals surface area contributed by atoms with Crippen molar-refractivity contribution in [2.75, 3.05) is 5.73 Å². The average molecular weight is 159 g/mol. The van der Waals surface area contributed by atoms with Gasteiger partial charge in [0.15, 0.2) is 0 Å². The van der Waals surface area contributed by atoms with Crippen LogP contribution in [0, 0.1) is 0 Å². The molecule has 1 aromatic rings. The summed E-state index contributed by atoms with van der Waals surface area (Å²) >= 11 is 0. The minimum atomic E-state index is -1.02. The number of nitrogens with two attached hydrogens (primary N) is 1. The second-order valence-electron chi connectivity index (χ2n) is 2.36. The second kappa shape index (κ2) is 3.34. The van der Waals surface area contributed by atoms with Crippen LogP contribution >= 0.6 is 0 Å². The molecule has 58 valence electrons. The van der Waals surface area contributed by atoms with E-state index in [1.807, 2.05) is 0 Å². The molecule has 0 saturated heterocycles. The molecule has 0 radical (unpaired) electrons. The molecule has 0 bridgehead atoms. The molecule has 0 spiro atoms. The number of anilines is 1. The van der Waals surface area contributed by atoms with Gasteiger partial charge in [-0.3, -0.25) is 0 Å². The maximum absolute atomic E-state index is 10.6. The van der Waals surface area contributed by atoms with Crippen LogP contribution < -0.4 is 11.2 Å². The summed E-state index contributed by atoms with van der Waals surface area (Å²) in [5.74, 6) is -1.02. The molecule has 3 N–H and O–H groups in total. The number of carboxylic acid groups (broad SMARTS) is 1. The Hall–Kier alpha value is -1.38. The van der Waals surface area contributed by atoms with Gasteiger partial charge in [-0.25, -0.2) is 0 Å². The van der Waals surface area contributed by atoms with E-state index in [2.05, 4.69) is 7.37 Å². The first-order valence-corrected chi connectivity index (χ1v) is 3.40. The number of hydrogen-bond donors (Lipinski definition) is 2. The molecule has 1 aromatic carbocycles. The van der Waals surface area contributed by atoms with Crippen LogP contribution in [0.5, 0.6) is 0 Å². The summed E-state index contributed by atoms with van der Waals surface area (Å²) in [6.45, 7) is 1.58. The monoisotopic (exact) mass is 159 g/mol. The third-order valence-corrected chi connectivity index (χ3v) is 1.54. The summed E-state index contributed by atoms with van der Waals surface area (Å²) in [4.78, 5) is 10.6. The molecule has 5 heteroatoms. The number of rotatable bonds is 2. The summed E-state index contributed by atoms with van der Waals surface area (Å²) in [7, 11) is 3.53. The van der Waals surface area contributed by atoms with Gasteiger partial charge in [-0.2, -0.15) is 0 Å². The zero-order valence-electron chi connectivity index (χ0n) is 6.45. The summed E-state index contributed by atoms with van der Waals surface area (Å²) in [6.07, 6.45) is 0. The van der Waals surface area contributed by atoms with Crippen molar-refractivity contribution in [3.8, 4) is 0 Å². The zero-order valence-corrected chi connectivity index (χ0v) is 6.45. The van der Waals surface area contributed by atoms with E-state index in [0.29, 0.717) is 0 Å². The van der Waals surface area contributed by atoms with Crippen molar-refractivity contribution >= 4 is 31.3 Å². The molecular weight excluding hydrogens is 152 g/mol. The van der Waals surface area contributed by atoms with E-state index < -0.39 is 5.97 Å². The van der Waals surface area contributed by atoms with E-state index in [1.165, 1.54) is 6.07 Å². The van der Waals surface area contributed by atoms with Crippen LogP contribution in [-0.2, 0) is 0 Å². The van der Waals surface area contributed by atoms with Gasteiger partial charge in [-0.1, -0.05) is 0 Å². The van der Waals surface area contributed by atoms with Crippen LogP contribution in [0.2, 0.25) is 0 Å². The van der Waals surface area contributed by atoms with Gasteiger partial charge < -0.3 is 0 Å². The predicted octanol–water partition coefficient (Wildman–Crippen LogP) is -0.888. The first kappa shape index (κ1) is 8.71. The fraction of sp³-hybridized carbons (Fsp3) is 0. The SMILES string of the molecule is B=Bc1ccc(N)c(C(=O)O)c1. The third-order valence-electron chi connectivity index (χ3n) is 1.54. The molecule has 0 fully saturated rings. The summed E-state index contributed by atoms with van der Waals surface area (Å²) in [5.41, 5.74) is 6.57. The van der Waals surface area contributed by atoms with Gasteiger partial charge in [0.1, 0.15) is 0 Å². The Bertz CT molecular complexity index is 338. The topological polar surface area (TPSA) is 63.3 Å². The van der Waals surface area contributed by atoms with E-state index in [9.17, 15) is 4.79 Å². The predicted molar refractivity (Wildman–Crippen MR) is 50.4 cm³/mol. The van der Waals surface area contributed by atoms with Crippen molar-refractivity contribution in [1.82, 2.24) is 0 Å². The van der Waals surface area contributed by atoms with Crippen molar-refractivity contribution in [1.29, 1.82) is 0 Å². The van der Waals surface area contributed by atoms with Crippen molar-refractivity contribution in [2.45, 2.75) is 0 Å². The average Bonchev–Trinajstić information content (AvgIpc) is 2.05. The quantitative estimate of drug-likeness (QED) is 0.434. The molecule has 0 amide bonds. The Kier molecular flexibility index (Phi) is 2.43.